The second kappa shape index (κ2) is 7.71. The van der Waals surface area contributed by atoms with E-state index in [-0.39, 0.29) is 0 Å². The zero-order valence-corrected chi connectivity index (χ0v) is 19.0. The molecule has 7 rings (SSSR count). The van der Waals surface area contributed by atoms with Gasteiger partial charge in [0.2, 0.25) is 0 Å². The average molecular weight is 451 g/mol. The van der Waals surface area contributed by atoms with Crippen LogP contribution in [0.1, 0.15) is 5.56 Å². The van der Waals surface area contributed by atoms with Crippen molar-refractivity contribution in [1.82, 2.24) is 4.98 Å². The summed E-state index contributed by atoms with van der Waals surface area (Å²) in [5.41, 5.74) is 9.83. The molecular formula is C32H22N2O. The molecule has 166 valence electrons. The highest BCUT2D eigenvalue weighted by atomic mass is 16.5. The van der Waals surface area contributed by atoms with Crippen LogP contribution < -0.4 is 10.5 Å². The number of hydrogen-bond acceptors (Lipinski definition) is 3. The van der Waals surface area contributed by atoms with Crippen LogP contribution >= 0.6 is 0 Å². The van der Waals surface area contributed by atoms with Gasteiger partial charge in [-0.25, -0.2) is 0 Å². The number of fused-ring (bicyclic) bond motifs is 2. The molecule has 0 aliphatic carbocycles. The number of nitrogens with zero attached hydrogens (tertiary/aromatic N) is 1. The van der Waals surface area contributed by atoms with Gasteiger partial charge in [-0.1, -0.05) is 78.9 Å². The molecule has 0 amide bonds. The monoisotopic (exact) mass is 450 g/mol. The molecule has 0 radical (unpaired) electrons. The minimum absolute atomic E-state index is 0.465. The zero-order valence-electron chi connectivity index (χ0n) is 19.0. The number of nitrogens with two attached hydrogens (primary N) is 1. The first-order valence-corrected chi connectivity index (χ1v) is 11.8. The van der Waals surface area contributed by atoms with Gasteiger partial charge in [0.05, 0.1) is 6.20 Å². The number of rotatable bonds is 4. The van der Waals surface area contributed by atoms with Crippen LogP contribution in [-0.2, 0) is 6.61 Å². The first kappa shape index (κ1) is 19.8. The van der Waals surface area contributed by atoms with Crippen molar-refractivity contribution < 1.29 is 4.74 Å². The number of hydrogen-bond donors (Lipinski definition) is 1. The Hall–Kier alpha value is -4.63. The Balaban J connectivity index is 1.43. The summed E-state index contributed by atoms with van der Waals surface area (Å²) >= 11 is 0. The molecule has 0 bridgehead atoms. The number of pyridine rings is 1. The highest BCUT2D eigenvalue weighted by molar-refractivity contribution is 6.35. The summed E-state index contributed by atoms with van der Waals surface area (Å²) < 4.78 is 6.10. The summed E-state index contributed by atoms with van der Waals surface area (Å²) in [7, 11) is 0. The van der Waals surface area contributed by atoms with Gasteiger partial charge >= 0.3 is 0 Å². The first-order valence-electron chi connectivity index (χ1n) is 11.8. The summed E-state index contributed by atoms with van der Waals surface area (Å²) in [5.74, 6) is 0.745. The Kier molecular flexibility index (Phi) is 4.36. The van der Waals surface area contributed by atoms with Gasteiger partial charge in [-0.15, -0.1) is 0 Å². The van der Waals surface area contributed by atoms with Crippen molar-refractivity contribution in [1.29, 1.82) is 0 Å². The molecule has 0 unspecified atom stereocenters. The normalized spacial score (nSPS) is 11.7. The van der Waals surface area contributed by atoms with Gasteiger partial charge in [-0.2, -0.15) is 0 Å². The van der Waals surface area contributed by atoms with E-state index in [0.717, 1.165) is 28.1 Å². The Morgan fingerprint density at radius 3 is 2.09 bits per heavy atom. The van der Waals surface area contributed by atoms with Crippen LogP contribution in [0.4, 0.5) is 5.69 Å². The fourth-order valence-corrected chi connectivity index (χ4v) is 5.32. The van der Waals surface area contributed by atoms with Gasteiger partial charge in [0.25, 0.3) is 0 Å². The van der Waals surface area contributed by atoms with Crippen LogP contribution in [0, 0.1) is 0 Å². The third kappa shape index (κ3) is 3.17. The van der Waals surface area contributed by atoms with E-state index in [0.29, 0.717) is 6.61 Å². The van der Waals surface area contributed by atoms with Crippen LogP contribution in [0.15, 0.2) is 109 Å². The van der Waals surface area contributed by atoms with Crippen molar-refractivity contribution in [2.24, 2.45) is 0 Å². The standard InChI is InChI=1S/C32H22N2O/c33-24-13-10-20(11-14-24)19-35-25-16-23(17-34-18-25)26-15-12-22-6-2-8-28-27-7-1-4-21-5-3-9-29(30(21)27)32(26)31(22)28/h1-18H,19,33H2. The maximum absolute atomic E-state index is 6.10. The van der Waals surface area contributed by atoms with Gasteiger partial charge in [0.1, 0.15) is 12.4 Å². The van der Waals surface area contributed by atoms with E-state index < -0.39 is 0 Å². The maximum Gasteiger partial charge on any atom is 0.138 e. The minimum atomic E-state index is 0.465. The van der Waals surface area contributed by atoms with E-state index in [1.54, 1.807) is 6.20 Å². The molecule has 0 saturated heterocycles. The van der Waals surface area contributed by atoms with E-state index in [1.165, 1.54) is 43.1 Å². The van der Waals surface area contributed by atoms with E-state index in [4.69, 9.17) is 10.5 Å². The lowest BCUT2D eigenvalue weighted by Gasteiger charge is -2.17. The van der Waals surface area contributed by atoms with Crippen molar-refractivity contribution >= 4 is 48.8 Å². The Labute approximate surface area is 202 Å². The van der Waals surface area contributed by atoms with E-state index in [9.17, 15) is 0 Å². The van der Waals surface area contributed by atoms with Crippen molar-refractivity contribution in [3.05, 3.63) is 115 Å². The number of aromatic nitrogens is 1. The SMILES string of the molecule is Nc1ccc(COc2cncc(-c3ccc4cccc5c6cccc7cccc(c3c45)c76)c2)cc1. The van der Waals surface area contributed by atoms with Crippen LogP contribution in [0.5, 0.6) is 5.75 Å². The molecule has 1 heterocycles. The van der Waals surface area contributed by atoms with Crippen molar-refractivity contribution in [3.8, 4) is 16.9 Å². The molecule has 0 fully saturated rings. The van der Waals surface area contributed by atoms with Gasteiger partial charge < -0.3 is 10.5 Å². The highest BCUT2D eigenvalue weighted by Gasteiger charge is 2.16. The number of ether oxygens (including phenoxy) is 1. The minimum Gasteiger partial charge on any atom is -0.487 e. The average Bonchev–Trinajstić information content (AvgIpc) is 2.91. The molecule has 0 aliphatic rings. The van der Waals surface area contributed by atoms with Crippen LogP contribution in [0.2, 0.25) is 0 Å². The lowest BCUT2D eigenvalue weighted by atomic mass is 9.86. The molecule has 0 atom stereocenters. The predicted molar refractivity (Wildman–Crippen MR) is 146 cm³/mol. The lowest BCUT2D eigenvalue weighted by molar-refractivity contribution is 0.305. The second-order valence-electron chi connectivity index (χ2n) is 9.04. The summed E-state index contributed by atoms with van der Waals surface area (Å²) in [4.78, 5) is 4.53. The molecule has 3 nitrogen and oxygen atoms in total. The fourth-order valence-electron chi connectivity index (χ4n) is 5.32. The summed E-state index contributed by atoms with van der Waals surface area (Å²) in [6.07, 6.45) is 3.70. The summed E-state index contributed by atoms with van der Waals surface area (Å²) in [6, 6.07) is 34.1. The molecule has 35 heavy (non-hydrogen) atoms. The molecule has 6 aromatic carbocycles. The number of benzene rings is 6. The van der Waals surface area contributed by atoms with Crippen molar-refractivity contribution in [2.75, 3.05) is 5.73 Å². The largest absolute Gasteiger partial charge is 0.487 e. The molecule has 1 aromatic heterocycles. The van der Waals surface area contributed by atoms with E-state index in [1.807, 2.05) is 30.5 Å². The molecule has 7 aromatic rings. The molecule has 0 aliphatic heterocycles. The zero-order chi connectivity index (χ0) is 23.4. The van der Waals surface area contributed by atoms with Crippen LogP contribution in [-0.4, -0.2) is 4.98 Å². The smallest absolute Gasteiger partial charge is 0.138 e. The molecule has 2 N–H and O–H groups in total. The maximum atomic E-state index is 6.10. The van der Waals surface area contributed by atoms with Crippen LogP contribution in [0.25, 0.3) is 54.2 Å². The highest BCUT2D eigenvalue weighted by Crippen LogP contribution is 2.44. The van der Waals surface area contributed by atoms with Gasteiger partial charge in [0.15, 0.2) is 0 Å². The Morgan fingerprint density at radius 1 is 0.629 bits per heavy atom. The predicted octanol–water partition coefficient (Wildman–Crippen LogP) is 7.96. The van der Waals surface area contributed by atoms with Crippen LogP contribution in [0.3, 0.4) is 0 Å². The second-order valence-corrected chi connectivity index (χ2v) is 9.04. The van der Waals surface area contributed by atoms with Gasteiger partial charge in [0, 0.05) is 17.4 Å². The van der Waals surface area contributed by atoms with E-state index >= 15 is 0 Å². The van der Waals surface area contributed by atoms with Gasteiger partial charge in [-0.05, 0) is 72.4 Å². The topological polar surface area (TPSA) is 48.1 Å². The number of anilines is 1. The molecule has 3 heteroatoms. The third-order valence-corrected chi connectivity index (χ3v) is 6.92. The lowest BCUT2D eigenvalue weighted by Crippen LogP contribution is -1.97. The Morgan fingerprint density at radius 2 is 1.31 bits per heavy atom. The molecule has 0 saturated carbocycles. The summed E-state index contributed by atoms with van der Waals surface area (Å²) in [5, 5.41) is 10.2. The van der Waals surface area contributed by atoms with Crippen molar-refractivity contribution in [2.45, 2.75) is 6.61 Å². The number of nitrogen functional groups attached to an aromatic ring is 1. The third-order valence-electron chi connectivity index (χ3n) is 6.92. The fraction of sp³-hybridized carbons (Fsp3) is 0.0312. The van der Waals surface area contributed by atoms with E-state index in [2.05, 4.69) is 77.8 Å². The van der Waals surface area contributed by atoms with Gasteiger partial charge in [-0.3, -0.25) is 4.98 Å². The Bertz CT molecular complexity index is 1850. The first-order chi connectivity index (χ1) is 17.3. The quantitative estimate of drug-likeness (QED) is 0.168. The molecular weight excluding hydrogens is 428 g/mol. The van der Waals surface area contributed by atoms with Crippen molar-refractivity contribution in [3.63, 3.8) is 0 Å². The molecule has 0 spiro atoms. The summed E-state index contributed by atoms with van der Waals surface area (Å²) in [6.45, 7) is 0.465.